The van der Waals surface area contributed by atoms with Gasteiger partial charge < -0.3 is 15.0 Å². The summed E-state index contributed by atoms with van der Waals surface area (Å²) in [5.74, 6) is 0.608. The van der Waals surface area contributed by atoms with E-state index >= 15 is 0 Å². The molecule has 2 rings (SSSR count). The summed E-state index contributed by atoms with van der Waals surface area (Å²) in [7, 11) is 4.02. The van der Waals surface area contributed by atoms with Crippen molar-refractivity contribution in [1.82, 2.24) is 20.4 Å². The van der Waals surface area contributed by atoms with E-state index in [1.165, 1.54) is 5.56 Å². The van der Waals surface area contributed by atoms with Crippen LogP contribution >= 0.6 is 0 Å². The Kier molecular flexibility index (Phi) is 7.71. The zero-order chi connectivity index (χ0) is 18.3. The first-order valence-corrected chi connectivity index (χ1v) is 8.89. The molecule has 2 N–H and O–H groups in total. The summed E-state index contributed by atoms with van der Waals surface area (Å²) < 4.78 is 41.2. The second kappa shape index (κ2) is 9.54. The van der Waals surface area contributed by atoms with Gasteiger partial charge in [-0.05, 0) is 45.7 Å². The highest BCUT2D eigenvalue weighted by Crippen LogP contribution is 2.36. The Labute approximate surface area is 147 Å². The molecule has 1 aliphatic carbocycles. The smallest absolute Gasteiger partial charge is 0.372 e. The number of likely N-dealkylation sites (N-methyl/N-ethyl adjacent to an activating group) is 2. The SMILES string of the molecule is CNCCN(C)Cc1c[nH]nc1C1CCC(COCC(F)(F)F)CC1. The molecule has 1 saturated carbocycles. The third-order valence-corrected chi connectivity index (χ3v) is 4.79. The normalized spacial score (nSPS) is 21.8. The van der Waals surface area contributed by atoms with Crippen LogP contribution in [0.4, 0.5) is 13.2 Å². The molecule has 0 spiro atoms. The minimum Gasteiger partial charge on any atom is -0.372 e. The average Bonchev–Trinajstić information content (AvgIpc) is 3.00. The number of hydrogen-bond acceptors (Lipinski definition) is 4. The zero-order valence-corrected chi connectivity index (χ0v) is 15.0. The van der Waals surface area contributed by atoms with Crippen molar-refractivity contribution in [3.05, 3.63) is 17.5 Å². The molecule has 0 radical (unpaired) electrons. The van der Waals surface area contributed by atoms with Gasteiger partial charge >= 0.3 is 6.18 Å². The standard InChI is InChI=1S/C17H29F3N4O/c1-21-7-8-24(2)10-15-9-22-23-16(15)14-5-3-13(4-6-14)11-25-12-17(18,19)20/h9,13-14,21H,3-8,10-12H2,1-2H3,(H,22,23). The fourth-order valence-electron chi connectivity index (χ4n) is 3.42. The van der Waals surface area contributed by atoms with Crippen LogP contribution in [0.25, 0.3) is 0 Å². The lowest BCUT2D eigenvalue weighted by molar-refractivity contribution is -0.177. The van der Waals surface area contributed by atoms with Crippen molar-refractivity contribution < 1.29 is 17.9 Å². The Morgan fingerprint density at radius 2 is 2.04 bits per heavy atom. The molecule has 1 fully saturated rings. The highest BCUT2D eigenvalue weighted by atomic mass is 19.4. The van der Waals surface area contributed by atoms with Crippen LogP contribution in [0.5, 0.6) is 0 Å². The van der Waals surface area contributed by atoms with E-state index in [9.17, 15) is 13.2 Å². The fraction of sp³-hybridized carbons (Fsp3) is 0.824. The molecule has 144 valence electrons. The van der Waals surface area contributed by atoms with Crippen LogP contribution in [0.15, 0.2) is 6.20 Å². The van der Waals surface area contributed by atoms with E-state index < -0.39 is 12.8 Å². The third-order valence-electron chi connectivity index (χ3n) is 4.79. The number of H-pyrrole nitrogens is 1. The maximum atomic E-state index is 12.1. The second-order valence-electron chi connectivity index (χ2n) is 6.99. The summed E-state index contributed by atoms with van der Waals surface area (Å²) in [6.45, 7) is 1.81. The van der Waals surface area contributed by atoms with Crippen molar-refractivity contribution in [2.75, 3.05) is 40.4 Å². The van der Waals surface area contributed by atoms with Crippen molar-refractivity contribution in [3.63, 3.8) is 0 Å². The molecular weight excluding hydrogens is 333 g/mol. The van der Waals surface area contributed by atoms with Gasteiger partial charge in [0, 0.05) is 43.9 Å². The molecular formula is C17H29F3N4O. The van der Waals surface area contributed by atoms with Crippen molar-refractivity contribution in [3.8, 4) is 0 Å². The van der Waals surface area contributed by atoms with Gasteiger partial charge in [0.25, 0.3) is 0 Å². The molecule has 1 heterocycles. The number of aromatic amines is 1. The highest BCUT2D eigenvalue weighted by Gasteiger charge is 2.30. The Balaban J connectivity index is 1.78. The van der Waals surface area contributed by atoms with Gasteiger partial charge in [0.2, 0.25) is 0 Å². The number of nitrogens with one attached hydrogen (secondary N) is 2. The first-order chi connectivity index (χ1) is 11.9. The maximum absolute atomic E-state index is 12.1. The molecule has 1 aromatic heterocycles. The first kappa shape index (κ1) is 20.2. The highest BCUT2D eigenvalue weighted by molar-refractivity contribution is 5.21. The molecule has 1 aliphatic rings. The summed E-state index contributed by atoms with van der Waals surface area (Å²) >= 11 is 0. The lowest BCUT2D eigenvalue weighted by Crippen LogP contribution is -2.27. The van der Waals surface area contributed by atoms with E-state index in [1.54, 1.807) is 0 Å². The Morgan fingerprint density at radius 1 is 1.32 bits per heavy atom. The Hall–Kier alpha value is -1.12. The number of halogens is 3. The number of rotatable bonds is 9. The molecule has 0 aliphatic heterocycles. The minimum atomic E-state index is -4.24. The Bertz CT molecular complexity index is 498. The van der Waals surface area contributed by atoms with Crippen molar-refractivity contribution >= 4 is 0 Å². The van der Waals surface area contributed by atoms with Crippen LogP contribution in [0.2, 0.25) is 0 Å². The topological polar surface area (TPSA) is 53.2 Å². The number of nitrogens with zero attached hydrogens (tertiary/aromatic N) is 2. The predicted octanol–water partition coefficient (Wildman–Crippen LogP) is 2.91. The minimum absolute atomic E-state index is 0.201. The molecule has 0 bridgehead atoms. The van der Waals surface area contributed by atoms with Crippen LogP contribution in [0.1, 0.15) is 42.9 Å². The molecule has 25 heavy (non-hydrogen) atoms. The van der Waals surface area contributed by atoms with Gasteiger partial charge in [-0.25, -0.2) is 0 Å². The Morgan fingerprint density at radius 3 is 2.68 bits per heavy atom. The molecule has 0 saturated heterocycles. The van der Waals surface area contributed by atoms with Crippen LogP contribution in [0, 0.1) is 5.92 Å². The van der Waals surface area contributed by atoms with E-state index in [2.05, 4.69) is 27.5 Å². The van der Waals surface area contributed by atoms with Gasteiger partial charge in [0.15, 0.2) is 0 Å². The number of aromatic nitrogens is 2. The van der Waals surface area contributed by atoms with Crippen LogP contribution < -0.4 is 5.32 Å². The van der Waals surface area contributed by atoms with Gasteiger partial charge in [-0.1, -0.05) is 0 Å². The monoisotopic (exact) mass is 362 g/mol. The van der Waals surface area contributed by atoms with Crippen molar-refractivity contribution in [1.29, 1.82) is 0 Å². The number of ether oxygens (including phenoxy) is 1. The van der Waals surface area contributed by atoms with Gasteiger partial charge in [-0.15, -0.1) is 0 Å². The summed E-state index contributed by atoms with van der Waals surface area (Å²) in [4.78, 5) is 2.25. The van der Waals surface area contributed by atoms with Gasteiger partial charge in [0.1, 0.15) is 6.61 Å². The van der Waals surface area contributed by atoms with Crippen LogP contribution in [-0.2, 0) is 11.3 Å². The molecule has 0 unspecified atom stereocenters. The summed E-state index contributed by atoms with van der Waals surface area (Å²) in [6.07, 6.45) is 1.43. The molecule has 0 aromatic carbocycles. The summed E-state index contributed by atoms with van der Waals surface area (Å²) in [5, 5.41) is 10.6. The van der Waals surface area contributed by atoms with E-state index in [0.29, 0.717) is 5.92 Å². The lowest BCUT2D eigenvalue weighted by Gasteiger charge is -2.28. The van der Waals surface area contributed by atoms with Crippen LogP contribution in [0.3, 0.4) is 0 Å². The molecule has 0 atom stereocenters. The molecule has 0 amide bonds. The first-order valence-electron chi connectivity index (χ1n) is 8.89. The van der Waals surface area contributed by atoms with Gasteiger partial charge in [0.05, 0.1) is 5.69 Å². The molecule has 1 aromatic rings. The fourth-order valence-corrected chi connectivity index (χ4v) is 3.42. The second-order valence-corrected chi connectivity index (χ2v) is 6.99. The lowest BCUT2D eigenvalue weighted by atomic mass is 9.80. The predicted molar refractivity (Wildman–Crippen MR) is 90.4 cm³/mol. The number of alkyl halides is 3. The molecule has 8 heteroatoms. The van der Waals surface area contributed by atoms with Gasteiger partial charge in [-0.2, -0.15) is 18.3 Å². The molecule has 5 nitrogen and oxygen atoms in total. The summed E-state index contributed by atoms with van der Waals surface area (Å²) in [6, 6.07) is 0. The van der Waals surface area contributed by atoms with E-state index in [0.717, 1.165) is 51.0 Å². The van der Waals surface area contributed by atoms with Gasteiger partial charge in [-0.3, -0.25) is 5.10 Å². The number of hydrogen-bond donors (Lipinski definition) is 2. The van der Waals surface area contributed by atoms with Crippen molar-refractivity contribution in [2.24, 2.45) is 5.92 Å². The third kappa shape index (κ3) is 6.95. The maximum Gasteiger partial charge on any atom is 0.411 e. The van der Waals surface area contributed by atoms with Crippen LogP contribution in [-0.4, -0.2) is 61.7 Å². The summed E-state index contributed by atoms with van der Waals surface area (Å²) in [5.41, 5.74) is 2.33. The van der Waals surface area contributed by atoms with E-state index in [-0.39, 0.29) is 12.5 Å². The zero-order valence-electron chi connectivity index (χ0n) is 15.0. The van der Waals surface area contributed by atoms with E-state index in [4.69, 9.17) is 4.74 Å². The average molecular weight is 362 g/mol. The van der Waals surface area contributed by atoms with E-state index in [1.807, 2.05) is 13.2 Å². The quantitative estimate of drug-likeness (QED) is 0.709. The largest absolute Gasteiger partial charge is 0.411 e. The van der Waals surface area contributed by atoms with Crippen molar-refractivity contribution in [2.45, 2.75) is 44.3 Å².